The van der Waals surface area contributed by atoms with Crippen LogP contribution in [0, 0.1) is 6.92 Å². The van der Waals surface area contributed by atoms with Crippen molar-refractivity contribution >= 4 is 15.9 Å². The third kappa shape index (κ3) is 4.29. The molecule has 1 fully saturated rings. The minimum absolute atomic E-state index is 0.498. The van der Waals surface area contributed by atoms with Crippen molar-refractivity contribution in [2.45, 2.75) is 39.0 Å². The number of halogens is 1. The number of nitrogens with one attached hydrogen (secondary N) is 1. The minimum Gasteiger partial charge on any atom is -0.487 e. The molecule has 110 valence electrons. The molecule has 3 rings (SSSR count). The average Bonchev–Trinajstić information content (AvgIpc) is 3.31. The zero-order valence-electron chi connectivity index (χ0n) is 12.1. The van der Waals surface area contributed by atoms with Gasteiger partial charge in [0.05, 0.1) is 11.4 Å². The molecule has 2 aromatic rings. The summed E-state index contributed by atoms with van der Waals surface area (Å²) in [5.41, 5.74) is 3.21. The molecule has 0 atom stereocenters. The van der Waals surface area contributed by atoms with E-state index in [4.69, 9.17) is 4.74 Å². The number of rotatable bonds is 6. The number of hydrogen-bond acceptors (Lipinski definition) is 3. The first kappa shape index (κ1) is 14.5. The van der Waals surface area contributed by atoms with Crippen molar-refractivity contribution in [3.63, 3.8) is 0 Å². The molecular formula is C17H19BrN2O. The topological polar surface area (TPSA) is 34.1 Å². The molecular weight excluding hydrogens is 328 g/mol. The Labute approximate surface area is 133 Å². The second-order valence-electron chi connectivity index (χ2n) is 5.48. The van der Waals surface area contributed by atoms with Crippen LogP contribution in [0.5, 0.6) is 5.75 Å². The van der Waals surface area contributed by atoms with Crippen LogP contribution >= 0.6 is 15.9 Å². The van der Waals surface area contributed by atoms with Crippen LogP contribution in [-0.2, 0) is 13.2 Å². The van der Waals surface area contributed by atoms with E-state index < -0.39 is 0 Å². The molecule has 3 nitrogen and oxygen atoms in total. The number of ether oxygens (including phenoxy) is 1. The SMILES string of the molecule is Cc1cc(OCc2cccc(CNC3CC3)n2)ccc1Br. The molecule has 1 aromatic carbocycles. The first-order chi connectivity index (χ1) is 10.2. The van der Waals surface area contributed by atoms with Gasteiger partial charge >= 0.3 is 0 Å². The molecule has 1 aliphatic rings. The van der Waals surface area contributed by atoms with Gasteiger partial charge in [0.15, 0.2) is 0 Å². The lowest BCUT2D eigenvalue weighted by molar-refractivity contribution is 0.300. The Bertz CT molecular complexity index is 626. The molecule has 0 aliphatic heterocycles. The van der Waals surface area contributed by atoms with Crippen molar-refractivity contribution in [2.24, 2.45) is 0 Å². The summed E-state index contributed by atoms with van der Waals surface area (Å²) >= 11 is 3.49. The Morgan fingerprint density at radius 1 is 1.24 bits per heavy atom. The van der Waals surface area contributed by atoms with E-state index >= 15 is 0 Å². The van der Waals surface area contributed by atoms with Gasteiger partial charge in [-0.25, -0.2) is 0 Å². The molecule has 1 N–H and O–H groups in total. The molecule has 0 radical (unpaired) electrons. The van der Waals surface area contributed by atoms with E-state index in [1.165, 1.54) is 18.4 Å². The predicted molar refractivity (Wildman–Crippen MR) is 87.3 cm³/mol. The summed E-state index contributed by atoms with van der Waals surface area (Å²) < 4.78 is 6.92. The Hall–Kier alpha value is -1.39. The van der Waals surface area contributed by atoms with Gasteiger partial charge < -0.3 is 10.1 Å². The molecule has 1 heterocycles. The second kappa shape index (κ2) is 6.58. The summed E-state index contributed by atoms with van der Waals surface area (Å²) in [7, 11) is 0. The Morgan fingerprint density at radius 2 is 2.05 bits per heavy atom. The van der Waals surface area contributed by atoms with Crippen LogP contribution in [0.3, 0.4) is 0 Å². The van der Waals surface area contributed by atoms with Crippen LogP contribution in [0.15, 0.2) is 40.9 Å². The van der Waals surface area contributed by atoms with Crippen LogP contribution < -0.4 is 10.1 Å². The first-order valence-corrected chi connectivity index (χ1v) is 8.07. The van der Waals surface area contributed by atoms with Crippen LogP contribution in [0.4, 0.5) is 0 Å². The van der Waals surface area contributed by atoms with E-state index in [-0.39, 0.29) is 0 Å². The molecule has 0 saturated heterocycles. The van der Waals surface area contributed by atoms with Crippen LogP contribution in [0.2, 0.25) is 0 Å². The number of aromatic nitrogens is 1. The Morgan fingerprint density at radius 3 is 2.81 bits per heavy atom. The van der Waals surface area contributed by atoms with E-state index in [0.29, 0.717) is 12.6 Å². The fourth-order valence-corrected chi connectivity index (χ4v) is 2.36. The summed E-state index contributed by atoms with van der Waals surface area (Å²) in [6.45, 7) is 3.40. The number of aryl methyl sites for hydroxylation is 1. The van der Waals surface area contributed by atoms with E-state index in [1.54, 1.807) is 0 Å². The maximum absolute atomic E-state index is 5.82. The maximum Gasteiger partial charge on any atom is 0.130 e. The minimum atomic E-state index is 0.498. The van der Waals surface area contributed by atoms with E-state index in [1.807, 2.05) is 30.3 Å². The molecule has 4 heteroatoms. The fraction of sp³-hybridized carbons (Fsp3) is 0.353. The maximum atomic E-state index is 5.82. The number of benzene rings is 1. The van der Waals surface area contributed by atoms with Crippen molar-refractivity contribution in [1.82, 2.24) is 10.3 Å². The lowest BCUT2D eigenvalue weighted by Crippen LogP contribution is -2.16. The quantitative estimate of drug-likeness (QED) is 0.858. The number of pyridine rings is 1. The van der Waals surface area contributed by atoms with Crippen molar-refractivity contribution < 1.29 is 4.74 Å². The first-order valence-electron chi connectivity index (χ1n) is 7.28. The highest BCUT2D eigenvalue weighted by molar-refractivity contribution is 9.10. The lowest BCUT2D eigenvalue weighted by atomic mass is 10.2. The van der Waals surface area contributed by atoms with Gasteiger partial charge in [-0.1, -0.05) is 22.0 Å². The van der Waals surface area contributed by atoms with Crippen molar-refractivity contribution in [1.29, 1.82) is 0 Å². The summed E-state index contributed by atoms with van der Waals surface area (Å²) in [5.74, 6) is 0.874. The van der Waals surface area contributed by atoms with Gasteiger partial charge in [-0.15, -0.1) is 0 Å². The number of nitrogens with zero attached hydrogens (tertiary/aromatic N) is 1. The molecule has 1 aromatic heterocycles. The lowest BCUT2D eigenvalue weighted by Gasteiger charge is -2.09. The highest BCUT2D eigenvalue weighted by Crippen LogP contribution is 2.22. The van der Waals surface area contributed by atoms with E-state index in [0.717, 1.165) is 28.2 Å². The third-order valence-electron chi connectivity index (χ3n) is 3.53. The van der Waals surface area contributed by atoms with Gasteiger partial charge in [-0.2, -0.15) is 0 Å². The van der Waals surface area contributed by atoms with Gasteiger partial charge in [0.1, 0.15) is 12.4 Å². The summed E-state index contributed by atoms with van der Waals surface area (Å²) in [4.78, 5) is 4.63. The normalized spacial score (nSPS) is 14.2. The van der Waals surface area contributed by atoms with Crippen LogP contribution in [0.25, 0.3) is 0 Å². The van der Waals surface area contributed by atoms with Crippen LogP contribution in [0.1, 0.15) is 29.8 Å². The zero-order valence-corrected chi connectivity index (χ0v) is 13.7. The summed E-state index contributed by atoms with van der Waals surface area (Å²) in [6.07, 6.45) is 2.59. The van der Waals surface area contributed by atoms with Gasteiger partial charge in [0.25, 0.3) is 0 Å². The zero-order chi connectivity index (χ0) is 14.7. The molecule has 1 aliphatic carbocycles. The Kier molecular flexibility index (Phi) is 4.56. The smallest absolute Gasteiger partial charge is 0.130 e. The van der Waals surface area contributed by atoms with E-state index in [2.05, 4.69) is 39.2 Å². The third-order valence-corrected chi connectivity index (χ3v) is 4.42. The number of hydrogen-bond donors (Lipinski definition) is 1. The molecule has 0 spiro atoms. The largest absolute Gasteiger partial charge is 0.487 e. The molecule has 1 saturated carbocycles. The van der Waals surface area contributed by atoms with Gasteiger partial charge in [-0.3, -0.25) is 4.98 Å². The highest BCUT2D eigenvalue weighted by Gasteiger charge is 2.20. The molecule has 0 unspecified atom stereocenters. The summed E-state index contributed by atoms with van der Waals surface area (Å²) in [6, 6.07) is 12.8. The molecule has 0 bridgehead atoms. The molecule has 21 heavy (non-hydrogen) atoms. The van der Waals surface area contributed by atoms with E-state index in [9.17, 15) is 0 Å². The van der Waals surface area contributed by atoms with Gasteiger partial charge in [0, 0.05) is 17.1 Å². The second-order valence-corrected chi connectivity index (χ2v) is 6.33. The standard InChI is InChI=1S/C17H19BrN2O/c1-12-9-16(7-8-17(12)18)21-11-15-4-2-3-14(20-15)10-19-13-5-6-13/h2-4,7-9,13,19H,5-6,10-11H2,1H3. The highest BCUT2D eigenvalue weighted by atomic mass is 79.9. The average molecular weight is 347 g/mol. The summed E-state index contributed by atoms with van der Waals surface area (Å²) in [5, 5.41) is 3.48. The van der Waals surface area contributed by atoms with Gasteiger partial charge in [0.2, 0.25) is 0 Å². The monoisotopic (exact) mass is 346 g/mol. The van der Waals surface area contributed by atoms with Crippen molar-refractivity contribution in [2.75, 3.05) is 0 Å². The van der Waals surface area contributed by atoms with Crippen molar-refractivity contribution in [3.05, 3.63) is 57.8 Å². The molecule has 0 amide bonds. The van der Waals surface area contributed by atoms with Gasteiger partial charge in [-0.05, 0) is 55.7 Å². The fourth-order valence-electron chi connectivity index (χ4n) is 2.11. The predicted octanol–water partition coefficient (Wildman–Crippen LogP) is 3.98. The van der Waals surface area contributed by atoms with Crippen LogP contribution in [-0.4, -0.2) is 11.0 Å². The van der Waals surface area contributed by atoms with Crippen molar-refractivity contribution in [3.8, 4) is 5.75 Å². The Balaban J connectivity index is 1.58.